The summed E-state index contributed by atoms with van der Waals surface area (Å²) in [7, 11) is -1.79. The van der Waals surface area contributed by atoms with Gasteiger partial charge in [0.05, 0.1) is 17.9 Å². The molecule has 0 amide bonds. The van der Waals surface area contributed by atoms with Crippen LogP contribution in [0.15, 0.2) is 23.4 Å². The third kappa shape index (κ3) is 4.20. The molecule has 0 aromatic carbocycles. The summed E-state index contributed by atoms with van der Waals surface area (Å²) in [5, 5.41) is 0. The van der Waals surface area contributed by atoms with Crippen LogP contribution in [0, 0.1) is 0 Å². The first-order chi connectivity index (χ1) is 7.95. The standard InChI is InChI=1S/C10H16N2O4S/c1-3-16-10(13)4-6-11-17(14,15)9-5-7-12(2)8-9/h5,7-8,11H,3-4,6H2,1-2H3. The minimum absolute atomic E-state index is 0.0277. The van der Waals surface area contributed by atoms with Gasteiger partial charge in [-0.05, 0) is 13.0 Å². The quantitative estimate of drug-likeness (QED) is 0.744. The van der Waals surface area contributed by atoms with E-state index in [2.05, 4.69) is 9.46 Å². The molecule has 1 aromatic heterocycles. The fourth-order valence-corrected chi connectivity index (χ4v) is 2.32. The van der Waals surface area contributed by atoms with Crippen LogP contribution in [0.1, 0.15) is 13.3 Å². The summed E-state index contributed by atoms with van der Waals surface area (Å²) < 4.78 is 32.1. The van der Waals surface area contributed by atoms with Gasteiger partial charge >= 0.3 is 5.97 Å². The number of rotatable bonds is 6. The van der Waals surface area contributed by atoms with Crippen molar-refractivity contribution in [1.82, 2.24) is 9.29 Å². The van der Waals surface area contributed by atoms with Gasteiger partial charge in [-0.25, -0.2) is 13.1 Å². The summed E-state index contributed by atoms with van der Waals surface area (Å²) in [6.45, 7) is 2.03. The molecule has 17 heavy (non-hydrogen) atoms. The number of nitrogens with one attached hydrogen (secondary N) is 1. The summed E-state index contributed by atoms with van der Waals surface area (Å²) in [5.41, 5.74) is 0. The zero-order chi connectivity index (χ0) is 12.9. The van der Waals surface area contributed by atoms with Gasteiger partial charge in [-0.3, -0.25) is 4.79 Å². The number of hydrogen-bond acceptors (Lipinski definition) is 4. The third-order valence-corrected chi connectivity index (χ3v) is 3.49. The maximum Gasteiger partial charge on any atom is 0.307 e. The molecular weight excluding hydrogens is 244 g/mol. The summed E-state index contributed by atoms with van der Waals surface area (Å²) in [6, 6.07) is 1.49. The van der Waals surface area contributed by atoms with Crippen molar-refractivity contribution in [3.63, 3.8) is 0 Å². The number of sulfonamides is 1. The highest BCUT2D eigenvalue weighted by molar-refractivity contribution is 7.89. The number of aryl methyl sites for hydroxylation is 1. The van der Waals surface area contributed by atoms with Gasteiger partial charge in [0.1, 0.15) is 0 Å². The van der Waals surface area contributed by atoms with E-state index in [9.17, 15) is 13.2 Å². The van der Waals surface area contributed by atoms with Crippen molar-refractivity contribution in [2.45, 2.75) is 18.2 Å². The average molecular weight is 260 g/mol. The van der Waals surface area contributed by atoms with Gasteiger partial charge in [-0.1, -0.05) is 0 Å². The van der Waals surface area contributed by atoms with Gasteiger partial charge < -0.3 is 9.30 Å². The van der Waals surface area contributed by atoms with Crippen molar-refractivity contribution in [1.29, 1.82) is 0 Å². The molecular formula is C10H16N2O4S. The SMILES string of the molecule is CCOC(=O)CCNS(=O)(=O)c1ccn(C)c1. The molecule has 1 rings (SSSR count). The minimum atomic E-state index is -3.53. The Morgan fingerprint density at radius 3 is 2.76 bits per heavy atom. The summed E-state index contributed by atoms with van der Waals surface area (Å²) in [5.74, 6) is -0.414. The lowest BCUT2D eigenvalue weighted by atomic mass is 10.4. The molecule has 0 spiro atoms. The van der Waals surface area contributed by atoms with Crippen molar-refractivity contribution >= 4 is 16.0 Å². The molecule has 1 N–H and O–H groups in total. The Balaban J connectivity index is 2.49. The van der Waals surface area contributed by atoms with Crippen LogP contribution in [0.3, 0.4) is 0 Å². The topological polar surface area (TPSA) is 77.4 Å². The van der Waals surface area contributed by atoms with E-state index in [1.807, 2.05) is 0 Å². The first kappa shape index (κ1) is 13.7. The predicted octanol–water partition coefficient (Wildman–Crippen LogP) is 0.257. The monoisotopic (exact) mass is 260 g/mol. The average Bonchev–Trinajstić information content (AvgIpc) is 2.65. The van der Waals surface area contributed by atoms with E-state index < -0.39 is 16.0 Å². The molecule has 96 valence electrons. The number of carbonyl (C=O) groups excluding carboxylic acids is 1. The summed E-state index contributed by atoms with van der Waals surface area (Å²) >= 11 is 0. The smallest absolute Gasteiger partial charge is 0.307 e. The van der Waals surface area contributed by atoms with Gasteiger partial charge in [0.2, 0.25) is 10.0 Å². The molecule has 0 aliphatic heterocycles. The summed E-state index contributed by atoms with van der Waals surface area (Å²) in [6.07, 6.45) is 3.16. The third-order valence-electron chi connectivity index (χ3n) is 2.04. The Labute approximate surface area is 101 Å². The largest absolute Gasteiger partial charge is 0.466 e. The summed E-state index contributed by atoms with van der Waals surface area (Å²) in [4.78, 5) is 11.2. The Morgan fingerprint density at radius 2 is 2.24 bits per heavy atom. The minimum Gasteiger partial charge on any atom is -0.466 e. The molecule has 0 unspecified atom stereocenters. The van der Waals surface area contributed by atoms with Crippen molar-refractivity contribution in [3.8, 4) is 0 Å². The first-order valence-electron chi connectivity index (χ1n) is 5.23. The molecule has 7 heteroatoms. The normalized spacial score (nSPS) is 11.4. The van der Waals surface area contributed by atoms with Crippen molar-refractivity contribution in [2.75, 3.05) is 13.2 Å². The number of nitrogens with zero attached hydrogens (tertiary/aromatic N) is 1. The van der Waals surface area contributed by atoms with E-state index in [0.717, 1.165) is 0 Å². The van der Waals surface area contributed by atoms with Gasteiger partial charge in [-0.15, -0.1) is 0 Å². The zero-order valence-electron chi connectivity index (χ0n) is 9.84. The highest BCUT2D eigenvalue weighted by Crippen LogP contribution is 2.07. The lowest BCUT2D eigenvalue weighted by molar-refractivity contribution is -0.142. The van der Waals surface area contributed by atoms with Crippen molar-refractivity contribution < 1.29 is 17.9 Å². The predicted molar refractivity (Wildman–Crippen MR) is 61.9 cm³/mol. The second kappa shape index (κ2) is 5.83. The molecule has 0 aliphatic carbocycles. The Kier molecular flexibility index (Phi) is 4.71. The van der Waals surface area contributed by atoms with Crippen molar-refractivity contribution in [3.05, 3.63) is 18.5 Å². The molecule has 1 heterocycles. The first-order valence-corrected chi connectivity index (χ1v) is 6.71. The molecule has 0 aliphatic rings. The van der Waals surface area contributed by atoms with Crippen molar-refractivity contribution in [2.24, 2.45) is 7.05 Å². The number of carbonyl (C=O) groups is 1. The number of aromatic nitrogens is 1. The molecule has 0 atom stereocenters. The van der Waals surface area contributed by atoms with E-state index in [1.54, 1.807) is 24.7 Å². The highest BCUT2D eigenvalue weighted by Gasteiger charge is 2.15. The molecule has 0 fully saturated rings. The van der Waals surface area contributed by atoms with Crippen LogP contribution in [0.2, 0.25) is 0 Å². The van der Waals surface area contributed by atoms with Crippen LogP contribution in [-0.2, 0) is 26.6 Å². The zero-order valence-corrected chi connectivity index (χ0v) is 10.7. The molecule has 0 saturated heterocycles. The Morgan fingerprint density at radius 1 is 1.53 bits per heavy atom. The highest BCUT2D eigenvalue weighted by atomic mass is 32.2. The Bertz CT molecular complexity index is 478. The Hall–Kier alpha value is -1.34. The van der Waals surface area contributed by atoms with Gasteiger partial charge in [-0.2, -0.15) is 0 Å². The van der Waals surface area contributed by atoms with E-state index in [1.165, 1.54) is 12.3 Å². The number of ether oxygens (including phenoxy) is 1. The van der Waals surface area contributed by atoms with Gasteiger partial charge in [0, 0.05) is 26.0 Å². The van der Waals surface area contributed by atoms with Gasteiger partial charge in [0.25, 0.3) is 0 Å². The van der Waals surface area contributed by atoms with Crippen LogP contribution in [-0.4, -0.2) is 32.1 Å². The van der Waals surface area contributed by atoms with Crippen LogP contribution >= 0.6 is 0 Å². The fourth-order valence-electron chi connectivity index (χ4n) is 1.24. The van der Waals surface area contributed by atoms with E-state index in [4.69, 9.17) is 0 Å². The molecule has 0 saturated carbocycles. The van der Waals surface area contributed by atoms with E-state index in [0.29, 0.717) is 6.61 Å². The lowest BCUT2D eigenvalue weighted by Crippen LogP contribution is -2.26. The molecule has 1 aromatic rings. The van der Waals surface area contributed by atoms with Gasteiger partial charge in [0.15, 0.2) is 0 Å². The second-order valence-corrected chi connectivity index (χ2v) is 5.23. The van der Waals surface area contributed by atoms with E-state index in [-0.39, 0.29) is 17.9 Å². The molecule has 6 nitrogen and oxygen atoms in total. The maximum absolute atomic E-state index is 11.7. The van der Waals surface area contributed by atoms with Crippen LogP contribution < -0.4 is 4.72 Å². The van der Waals surface area contributed by atoms with Crippen LogP contribution in [0.5, 0.6) is 0 Å². The van der Waals surface area contributed by atoms with Crippen LogP contribution in [0.4, 0.5) is 0 Å². The number of hydrogen-bond donors (Lipinski definition) is 1. The lowest BCUT2D eigenvalue weighted by Gasteiger charge is -2.04. The second-order valence-electron chi connectivity index (χ2n) is 3.47. The maximum atomic E-state index is 11.7. The van der Waals surface area contributed by atoms with Crippen LogP contribution in [0.25, 0.3) is 0 Å². The molecule has 0 bridgehead atoms. The number of esters is 1. The fraction of sp³-hybridized carbons (Fsp3) is 0.500. The molecule has 0 radical (unpaired) electrons. The van der Waals surface area contributed by atoms with E-state index >= 15 is 0 Å².